The van der Waals surface area contributed by atoms with E-state index in [1.165, 1.54) is 0 Å². The van der Waals surface area contributed by atoms with Crippen LogP contribution in [0.1, 0.15) is 35.7 Å². The quantitative estimate of drug-likeness (QED) is 0.606. The molecule has 0 aliphatic carbocycles. The summed E-state index contributed by atoms with van der Waals surface area (Å²) in [6.07, 6.45) is 1.96. The molecule has 0 atom stereocenters. The van der Waals surface area contributed by atoms with Gasteiger partial charge in [0.1, 0.15) is 0 Å². The molecule has 0 spiro atoms. The average Bonchev–Trinajstić information content (AvgIpc) is 2.63. The van der Waals surface area contributed by atoms with Gasteiger partial charge in [0.05, 0.1) is 6.54 Å². The number of benzene rings is 2. The summed E-state index contributed by atoms with van der Waals surface area (Å²) in [6.45, 7) is 4.74. The van der Waals surface area contributed by atoms with Crippen molar-refractivity contribution in [3.63, 3.8) is 0 Å². The van der Waals surface area contributed by atoms with Gasteiger partial charge in [-0.25, -0.2) is 0 Å². The number of carbonyl (C=O) groups is 2. The van der Waals surface area contributed by atoms with E-state index in [1.54, 1.807) is 30.3 Å². The van der Waals surface area contributed by atoms with Crippen LogP contribution in [0, 0.1) is 6.92 Å². The Balaban J connectivity index is 1.89. The molecule has 0 unspecified atom stereocenters. The molecular weight excluding hydrogens is 350 g/mol. The van der Waals surface area contributed by atoms with Gasteiger partial charge in [0.15, 0.2) is 0 Å². The van der Waals surface area contributed by atoms with Crippen LogP contribution in [-0.2, 0) is 4.79 Å². The number of hydrogen-bond donors (Lipinski definition) is 3. The number of nitrogens with one attached hydrogen (secondary N) is 3. The number of hydrogen-bond acceptors (Lipinski definition) is 3. The van der Waals surface area contributed by atoms with E-state index in [0.29, 0.717) is 22.8 Å². The molecule has 0 aliphatic rings. The topological polar surface area (TPSA) is 70.2 Å². The summed E-state index contributed by atoms with van der Waals surface area (Å²) >= 11 is 6.07. The van der Waals surface area contributed by atoms with Crippen LogP contribution in [0.3, 0.4) is 0 Å². The van der Waals surface area contributed by atoms with Gasteiger partial charge in [0, 0.05) is 28.5 Å². The molecule has 0 saturated heterocycles. The highest BCUT2D eigenvalue weighted by molar-refractivity contribution is 6.31. The fourth-order valence-corrected chi connectivity index (χ4v) is 2.49. The molecule has 2 aromatic carbocycles. The largest absolute Gasteiger partial charge is 0.376 e. The zero-order valence-corrected chi connectivity index (χ0v) is 15.8. The maximum atomic E-state index is 12.1. The predicted octanol–water partition coefficient (Wildman–Crippen LogP) is 4.23. The van der Waals surface area contributed by atoms with Gasteiger partial charge >= 0.3 is 0 Å². The Morgan fingerprint density at radius 1 is 1.08 bits per heavy atom. The molecule has 0 saturated carbocycles. The summed E-state index contributed by atoms with van der Waals surface area (Å²) in [4.78, 5) is 24.2. The van der Waals surface area contributed by atoms with Crippen molar-refractivity contribution in [2.75, 3.05) is 23.7 Å². The van der Waals surface area contributed by atoms with Crippen LogP contribution in [0.2, 0.25) is 5.02 Å². The third-order valence-electron chi connectivity index (χ3n) is 3.85. The Morgan fingerprint density at radius 2 is 1.88 bits per heavy atom. The molecule has 2 aromatic rings. The summed E-state index contributed by atoms with van der Waals surface area (Å²) in [5.74, 6) is -0.341. The van der Waals surface area contributed by atoms with E-state index in [0.717, 1.165) is 24.1 Å². The minimum Gasteiger partial charge on any atom is -0.376 e. The van der Waals surface area contributed by atoms with E-state index >= 15 is 0 Å². The summed E-state index contributed by atoms with van der Waals surface area (Å²) in [6, 6.07) is 12.4. The monoisotopic (exact) mass is 373 g/mol. The van der Waals surface area contributed by atoms with Crippen molar-refractivity contribution in [1.82, 2.24) is 5.32 Å². The van der Waals surface area contributed by atoms with Crippen LogP contribution >= 0.6 is 11.6 Å². The van der Waals surface area contributed by atoms with Crippen molar-refractivity contribution in [2.45, 2.75) is 26.7 Å². The van der Waals surface area contributed by atoms with E-state index in [9.17, 15) is 9.59 Å². The van der Waals surface area contributed by atoms with Gasteiger partial charge in [-0.3, -0.25) is 9.59 Å². The fourth-order valence-electron chi connectivity index (χ4n) is 2.31. The van der Waals surface area contributed by atoms with Gasteiger partial charge < -0.3 is 16.0 Å². The first-order valence-corrected chi connectivity index (χ1v) is 9.05. The smallest absolute Gasteiger partial charge is 0.251 e. The number of amides is 2. The second kappa shape index (κ2) is 9.82. The summed E-state index contributed by atoms with van der Waals surface area (Å²) < 4.78 is 0. The van der Waals surface area contributed by atoms with E-state index < -0.39 is 0 Å². The molecule has 0 aliphatic heterocycles. The van der Waals surface area contributed by atoms with E-state index in [4.69, 9.17) is 11.6 Å². The van der Waals surface area contributed by atoms with Gasteiger partial charge in [0.25, 0.3) is 5.91 Å². The normalized spacial score (nSPS) is 10.3. The average molecular weight is 374 g/mol. The molecule has 0 radical (unpaired) electrons. The maximum Gasteiger partial charge on any atom is 0.251 e. The first-order valence-electron chi connectivity index (χ1n) is 8.67. The minimum absolute atomic E-state index is 0.103. The van der Waals surface area contributed by atoms with Crippen LogP contribution < -0.4 is 16.0 Å². The lowest BCUT2D eigenvalue weighted by Crippen LogP contribution is -2.25. The van der Waals surface area contributed by atoms with Gasteiger partial charge in [-0.05, 0) is 49.2 Å². The molecule has 6 heteroatoms. The first kappa shape index (κ1) is 19.8. The van der Waals surface area contributed by atoms with Gasteiger partial charge in [-0.1, -0.05) is 37.1 Å². The Hall–Kier alpha value is -2.53. The van der Waals surface area contributed by atoms with Gasteiger partial charge in [-0.2, -0.15) is 0 Å². The van der Waals surface area contributed by atoms with Crippen molar-refractivity contribution >= 4 is 34.8 Å². The molecule has 26 heavy (non-hydrogen) atoms. The molecule has 3 N–H and O–H groups in total. The Morgan fingerprint density at radius 3 is 2.62 bits per heavy atom. The van der Waals surface area contributed by atoms with E-state index in [-0.39, 0.29) is 18.4 Å². The standard InChI is InChI=1S/C20H24ClN3O2/c1-3-4-10-22-20(26)15-6-5-7-17(11-15)24-19(25)13-23-16-9-8-14(2)18(21)12-16/h5-9,11-12,23H,3-4,10,13H2,1-2H3,(H,22,26)(H,24,25). The van der Waals surface area contributed by atoms with Gasteiger partial charge in [-0.15, -0.1) is 0 Å². The fraction of sp³-hybridized carbons (Fsp3) is 0.300. The second-order valence-corrected chi connectivity index (χ2v) is 6.46. The second-order valence-electron chi connectivity index (χ2n) is 6.06. The van der Waals surface area contributed by atoms with E-state index in [2.05, 4.69) is 22.9 Å². The van der Waals surface area contributed by atoms with Crippen molar-refractivity contribution in [2.24, 2.45) is 0 Å². The molecule has 138 valence electrons. The maximum absolute atomic E-state index is 12.1. The van der Waals surface area contributed by atoms with Crippen molar-refractivity contribution in [3.8, 4) is 0 Å². The molecule has 0 bridgehead atoms. The van der Waals surface area contributed by atoms with E-state index in [1.807, 2.05) is 19.1 Å². The van der Waals surface area contributed by atoms with Gasteiger partial charge in [0.2, 0.25) is 5.91 Å². The summed E-state index contributed by atoms with van der Waals surface area (Å²) in [5, 5.41) is 9.33. The lowest BCUT2D eigenvalue weighted by Gasteiger charge is -2.10. The minimum atomic E-state index is -0.203. The van der Waals surface area contributed by atoms with Crippen LogP contribution in [0.15, 0.2) is 42.5 Å². The molecular formula is C20H24ClN3O2. The van der Waals surface area contributed by atoms with Crippen LogP contribution in [0.25, 0.3) is 0 Å². The predicted molar refractivity (Wildman–Crippen MR) is 107 cm³/mol. The number of rotatable bonds is 8. The number of unbranched alkanes of at least 4 members (excludes halogenated alkanes) is 1. The van der Waals surface area contributed by atoms with Crippen molar-refractivity contribution in [1.29, 1.82) is 0 Å². The zero-order valence-electron chi connectivity index (χ0n) is 15.1. The molecule has 2 rings (SSSR count). The van der Waals surface area contributed by atoms with Crippen LogP contribution in [0.5, 0.6) is 0 Å². The highest BCUT2D eigenvalue weighted by atomic mass is 35.5. The Kier molecular flexibility index (Phi) is 7.48. The molecule has 2 amide bonds. The number of carbonyl (C=O) groups excluding carboxylic acids is 2. The zero-order chi connectivity index (χ0) is 18.9. The highest BCUT2D eigenvalue weighted by Gasteiger charge is 2.08. The number of halogens is 1. The van der Waals surface area contributed by atoms with Crippen molar-refractivity contribution in [3.05, 3.63) is 58.6 Å². The lowest BCUT2D eigenvalue weighted by molar-refractivity contribution is -0.114. The molecule has 0 aromatic heterocycles. The SMILES string of the molecule is CCCCNC(=O)c1cccc(NC(=O)CNc2ccc(C)c(Cl)c2)c1. The Bertz CT molecular complexity index is 777. The number of anilines is 2. The first-order chi connectivity index (χ1) is 12.5. The highest BCUT2D eigenvalue weighted by Crippen LogP contribution is 2.19. The Labute approximate surface area is 159 Å². The van der Waals surface area contributed by atoms with Crippen molar-refractivity contribution < 1.29 is 9.59 Å². The van der Waals surface area contributed by atoms with Crippen LogP contribution in [-0.4, -0.2) is 24.9 Å². The third kappa shape index (κ3) is 6.08. The summed E-state index contributed by atoms with van der Waals surface area (Å²) in [5.41, 5.74) is 2.87. The summed E-state index contributed by atoms with van der Waals surface area (Å²) in [7, 11) is 0. The number of aryl methyl sites for hydroxylation is 1. The molecule has 0 heterocycles. The lowest BCUT2D eigenvalue weighted by atomic mass is 10.2. The molecule has 5 nitrogen and oxygen atoms in total. The molecule has 0 fully saturated rings. The third-order valence-corrected chi connectivity index (χ3v) is 4.26. The van der Waals surface area contributed by atoms with Crippen LogP contribution in [0.4, 0.5) is 11.4 Å².